The molecule has 3 nitrogen and oxygen atoms in total. The van der Waals surface area contributed by atoms with Gasteiger partial charge in [0.05, 0.1) is 11.3 Å². The molecule has 2 aromatic rings. The summed E-state index contributed by atoms with van der Waals surface area (Å²) in [5.41, 5.74) is 5.64. The van der Waals surface area contributed by atoms with Crippen LogP contribution in [0.15, 0.2) is 36.4 Å². The number of aromatic carboxylic acids is 1. The number of nitrogens with one attached hydrogen (secondary N) is 1. The number of carboxylic acid groups (broad SMARTS) is 1. The van der Waals surface area contributed by atoms with E-state index in [2.05, 4.69) is 38.2 Å². The van der Waals surface area contributed by atoms with Gasteiger partial charge in [-0.3, -0.25) is 0 Å². The number of anilines is 2. The summed E-state index contributed by atoms with van der Waals surface area (Å²) >= 11 is 0. The highest BCUT2D eigenvalue weighted by Gasteiger charge is 2.13. The fraction of sp³-hybridized carbons (Fsp3) is 0.278. The second kappa shape index (κ2) is 6.44. The molecule has 0 aliphatic carbocycles. The van der Waals surface area contributed by atoms with Crippen molar-refractivity contribution < 1.29 is 9.90 Å². The average molecular weight is 283 g/mol. The van der Waals surface area contributed by atoms with Crippen molar-refractivity contribution in [2.45, 2.75) is 33.6 Å². The first-order chi connectivity index (χ1) is 10.1. The standard InChI is InChI=1S/C18H21NO2/c1-4-13-10-12(3)11-14(5-2)17(13)19-16-9-7-6-8-15(16)18(20)21/h6-11,19H,4-5H2,1-3H3,(H,20,21). The van der Waals surface area contributed by atoms with E-state index in [1.807, 2.05) is 12.1 Å². The van der Waals surface area contributed by atoms with Crippen molar-refractivity contribution in [3.63, 3.8) is 0 Å². The van der Waals surface area contributed by atoms with Crippen LogP contribution in [0.2, 0.25) is 0 Å². The van der Waals surface area contributed by atoms with E-state index in [0.29, 0.717) is 11.3 Å². The lowest BCUT2D eigenvalue weighted by molar-refractivity contribution is 0.0698. The molecule has 0 aromatic heterocycles. The van der Waals surface area contributed by atoms with Crippen LogP contribution in [0.1, 0.15) is 40.9 Å². The van der Waals surface area contributed by atoms with E-state index in [4.69, 9.17) is 0 Å². The van der Waals surface area contributed by atoms with Gasteiger partial charge in [0.25, 0.3) is 0 Å². The molecular formula is C18H21NO2. The SMILES string of the molecule is CCc1cc(C)cc(CC)c1Nc1ccccc1C(=O)O. The van der Waals surface area contributed by atoms with Crippen LogP contribution in [-0.2, 0) is 12.8 Å². The molecule has 0 heterocycles. The van der Waals surface area contributed by atoms with Gasteiger partial charge >= 0.3 is 5.97 Å². The third-order valence-corrected chi connectivity index (χ3v) is 3.62. The Bertz CT molecular complexity index is 637. The van der Waals surface area contributed by atoms with Crippen molar-refractivity contribution in [3.8, 4) is 0 Å². The minimum atomic E-state index is -0.915. The van der Waals surface area contributed by atoms with Gasteiger partial charge in [-0.15, -0.1) is 0 Å². The van der Waals surface area contributed by atoms with E-state index < -0.39 is 5.97 Å². The number of hydrogen-bond acceptors (Lipinski definition) is 2. The van der Waals surface area contributed by atoms with Crippen LogP contribution in [0, 0.1) is 6.92 Å². The molecule has 0 aliphatic rings. The Morgan fingerprint density at radius 3 is 2.19 bits per heavy atom. The molecule has 2 aromatic carbocycles. The first-order valence-electron chi connectivity index (χ1n) is 7.28. The Hall–Kier alpha value is -2.29. The van der Waals surface area contributed by atoms with E-state index in [-0.39, 0.29) is 0 Å². The predicted molar refractivity (Wildman–Crippen MR) is 86.6 cm³/mol. The van der Waals surface area contributed by atoms with Gasteiger partial charge in [-0.25, -0.2) is 4.79 Å². The topological polar surface area (TPSA) is 49.3 Å². The molecule has 0 amide bonds. The van der Waals surface area contributed by atoms with Crippen LogP contribution < -0.4 is 5.32 Å². The van der Waals surface area contributed by atoms with Gasteiger partial charge in [-0.1, -0.05) is 43.7 Å². The second-order valence-corrected chi connectivity index (χ2v) is 5.14. The molecule has 0 unspecified atom stereocenters. The summed E-state index contributed by atoms with van der Waals surface area (Å²) in [6, 6.07) is 11.3. The van der Waals surface area contributed by atoms with Crippen LogP contribution in [0.5, 0.6) is 0 Å². The van der Waals surface area contributed by atoms with Crippen molar-refractivity contribution in [1.29, 1.82) is 0 Å². The molecule has 0 atom stereocenters. The van der Waals surface area contributed by atoms with Gasteiger partial charge in [0.15, 0.2) is 0 Å². The number of rotatable bonds is 5. The van der Waals surface area contributed by atoms with Crippen LogP contribution in [0.4, 0.5) is 11.4 Å². The molecule has 0 saturated carbocycles. The maximum absolute atomic E-state index is 11.3. The van der Waals surface area contributed by atoms with Gasteiger partial charge in [0.1, 0.15) is 0 Å². The van der Waals surface area contributed by atoms with Crippen molar-refractivity contribution in [2.75, 3.05) is 5.32 Å². The highest BCUT2D eigenvalue weighted by atomic mass is 16.4. The maximum Gasteiger partial charge on any atom is 0.337 e. The van der Waals surface area contributed by atoms with Crippen molar-refractivity contribution in [1.82, 2.24) is 0 Å². The minimum Gasteiger partial charge on any atom is -0.478 e. The van der Waals surface area contributed by atoms with Gasteiger partial charge in [-0.2, -0.15) is 0 Å². The molecule has 3 heteroatoms. The lowest BCUT2D eigenvalue weighted by Gasteiger charge is -2.18. The first-order valence-corrected chi connectivity index (χ1v) is 7.28. The van der Waals surface area contributed by atoms with E-state index >= 15 is 0 Å². The number of hydrogen-bond donors (Lipinski definition) is 2. The van der Waals surface area contributed by atoms with Gasteiger partial charge < -0.3 is 10.4 Å². The number of benzene rings is 2. The Morgan fingerprint density at radius 1 is 1.10 bits per heavy atom. The normalized spacial score (nSPS) is 10.4. The van der Waals surface area contributed by atoms with Crippen LogP contribution in [0.3, 0.4) is 0 Å². The molecule has 21 heavy (non-hydrogen) atoms. The van der Waals surface area contributed by atoms with Crippen molar-refractivity contribution >= 4 is 17.3 Å². The maximum atomic E-state index is 11.3. The van der Waals surface area contributed by atoms with E-state index in [1.165, 1.54) is 16.7 Å². The Balaban J connectivity index is 2.51. The zero-order valence-electron chi connectivity index (χ0n) is 12.7. The van der Waals surface area contributed by atoms with Gasteiger partial charge in [0, 0.05) is 5.69 Å². The quantitative estimate of drug-likeness (QED) is 0.845. The Kier molecular flexibility index (Phi) is 4.63. The molecule has 0 spiro atoms. The molecular weight excluding hydrogens is 262 g/mol. The molecule has 0 bridgehead atoms. The number of aryl methyl sites for hydroxylation is 3. The summed E-state index contributed by atoms with van der Waals surface area (Å²) in [6.45, 7) is 6.32. The summed E-state index contributed by atoms with van der Waals surface area (Å²) in [5, 5.41) is 12.6. The largest absolute Gasteiger partial charge is 0.478 e. The summed E-state index contributed by atoms with van der Waals surface area (Å²) in [4.78, 5) is 11.3. The molecule has 2 N–H and O–H groups in total. The molecule has 0 saturated heterocycles. The number of para-hydroxylation sites is 1. The Morgan fingerprint density at radius 2 is 1.67 bits per heavy atom. The van der Waals surface area contributed by atoms with Gasteiger partial charge in [-0.05, 0) is 43.0 Å². The summed E-state index contributed by atoms with van der Waals surface area (Å²) in [6.07, 6.45) is 1.82. The Labute approximate surface area is 125 Å². The average Bonchev–Trinajstić information content (AvgIpc) is 2.48. The van der Waals surface area contributed by atoms with Crippen LogP contribution in [-0.4, -0.2) is 11.1 Å². The van der Waals surface area contributed by atoms with Crippen LogP contribution in [0.25, 0.3) is 0 Å². The first kappa shape index (κ1) is 15.1. The fourth-order valence-corrected chi connectivity index (χ4v) is 2.57. The lowest BCUT2D eigenvalue weighted by Crippen LogP contribution is -2.06. The fourth-order valence-electron chi connectivity index (χ4n) is 2.57. The zero-order chi connectivity index (χ0) is 15.4. The summed E-state index contributed by atoms with van der Waals surface area (Å²) in [7, 11) is 0. The molecule has 0 aliphatic heterocycles. The molecule has 0 radical (unpaired) electrons. The predicted octanol–water partition coefficient (Wildman–Crippen LogP) is 4.56. The van der Waals surface area contributed by atoms with Gasteiger partial charge in [0.2, 0.25) is 0 Å². The highest BCUT2D eigenvalue weighted by molar-refractivity contribution is 5.95. The smallest absolute Gasteiger partial charge is 0.337 e. The zero-order valence-corrected chi connectivity index (χ0v) is 12.7. The third kappa shape index (κ3) is 3.24. The monoisotopic (exact) mass is 283 g/mol. The molecule has 110 valence electrons. The molecule has 0 fully saturated rings. The van der Waals surface area contributed by atoms with Crippen molar-refractivity contribution in [3.05, 3.63) is 58.7 Å². The lowest BCUT2D eigenvalue weighted by atomic mass is 9.99. The van der Waals surface area contributed by atoms with E-state index in [1.54, 1.807) is 12.1 Å². The highest BCUT2D eigenvalue weighted by Crippen LogP contribution is 2.29. The van der Waals surface area contributed by atoms with E-state index in [0.717, 1.165) is 18.5 Å². The minimum absolute atomic E-state index is 0.294. The number of carbonyl (C=O) groups is 1. The number of carboxylic acids is 1. The third-order valence-electron chi connectivity index (χ3n) is 3.62. The van der Waals surface area contributed by atoms with Crippen molar-refractivity contribution in [2.24, 2.45) is 0 Å². The summed E-state index contributed by atoms with van der Waals surface area (Å²) < 4.78 is 0. The second-order valence-electron chi connectivity index (χ2n) is 5.14. The van der Waals surface area contributed by atoms with Crippen LogP contribution >= 0.6 is 0 Å². The molecule has 2 rings (SSSR count). The summed E-state index contributed by atoms with van der Waals surface area (Å²) in [5.74, 6) is -0.915. The van der Waals surface area contributed by atoms with E-state index in [9.17, 15) is 9.90 Å².